The molecule has 154 valence electrons. The summed E-state index contributed by atoms with van der Waals surface area (Å²) in [4.78, 5) is 0. The van der Waals surface area contributed by atoms with Gasteiger partial charge < -0.3 is 5.73 Å². The lowest BCUT2D eigenvalue weighted by Crippen LogP contribution is -2.29. The highest BCUT2D eigenvalue weighted by Crippen LogP contribution is 2.38. The van der Waals surface area contributed by atoms with Crippen LogP contribution in [-0.2, 0) is 0 Å². The van der Waals surface area contributed by atoms with Crippen molar-refractivity contribution in [2.24, 2.45) is 23.5 Å². The van der Waals surface area contributed by atoms with Gasteiger partial charge in [-0.3, -0.25) is 0 Å². The van der Waals surface area contributed by atoms with E-state index in [9.17, 15) is 0 Å². The predicted molar refractivity (Wildman–Crippen MR) is 123 cm³/mol. The summed E-state index contributed by atoms with van der Waals surface area (Å²) in [6, 6.07) is 0.131. The Labute approximate surface area is 169 Å². The van der Waals surface area contributed by atoms with Gasteiger partial charge in [0.05, 0.1) is 0 Å². The lowest BCUT2D eigenvalue weighted by Gasteiger charge is -2.31. The monoisotopic (exact) mass is 371 g/mol. The standard InChI is InChI=1S/C26H45N/c1-8-10-12-15-19(3)21(5)24(17-13-11-9-2)26-20(4)16-14-18-25(27)22(6)23(26)7/h12,14-15,18-20,22,25H,8-11,13,16-17,27H2,1-7H3/b15-12+,18-14+,24-21-,26-23?. The second kappa shape index (κ2) is 12.4. The van der Waals surface area contributed by atoms with Crippen LogP contribution in [-0.4, -0.2) is 6.04 Å². The molecule has 4 atom stereocenters. The Kier molecular flexibility index (Phi) is 11.0. The smallest absolute Gasteiger partial charge is 0.0287 e. The van der Waals surface area contributed by atoms with Gasteiger partial charge in [-0.1, -0.05) is 89.3 Å². The maximum absolute atomic E-state index is 6.44. The van der Waals surface area contributed by atoms with Crippen LogP contribution in [0.25, 0.3) is 0 Å². The summed E-state index contributed by atoms with van der Waals surface area (Å²) in [7, 11) is 0. The van der Waals surface area contributed by atoms with Crippen molar-refractivity contribution in [2.75, 3.05) is 0 Å². The molecule has 0 aliphatic heterocycles. The zero-order valence-corrected chi connectivity index (χ0v) is 19.1. The number of unbranched alkanes of at least 4 members (excludes halogenated alkanes) is 3. The molecule has 2 N–H and O–H groups in total. The third-order valence-electron chi connectivity index (χ3n) is 6.42. The molecule has 0 aromatic heterocycles. The lowest BCUT2D eigenvalue weighted by molar-refractivity contribution is 0.552. The highest BCUT2D eigenvalue weighted by atomic mass is 14.6. The van der Waals surface area contributed by atoms with Crippen molar-refractivity contribution in [1.82, 2.24) is 0 Å². The van der Waals surface area contributed by atoms with E-state index >= 15 is 0 Å². The fraction of sp³-hybridized carbons (Fsp3) is 0.692. The number of hydrogen-bond acceptors (Lipinski definition) is 1. The maximum atomic E-state index is 6.44. The van der Waals surface area contributed by atoms with Crippen LogP contribution in [0.2, 0.25) is 0 Å². The average molecular weight is 372 g/mol. The van der Waals surface area contributed by atoms with Crippen LogP contribution >= 0.6 is 0 Å². The summed E-state index contributed by atoms with van der Waals surface area (Å²) in [5.74, 6) is 1.47. The molecule has 1 nitrogen and oxygen atoms in total. The van der Waals surface area contributed by atoms with Crippen molar-refractivity contribution < 1.29 is 0 Å². The van der Waals surface area contributed by atoms with Crippen LogP contribution in [0, 0.1) is 17.8 Å². The number of nitrogens with two attached hydrogens (primary N) is 1. The molecule has 1 aliphatic rings. The van der Waals surface area contributed by atoms with Crippen molar-refractivity contribution in [3.05, 3.63) is 46.6 Å². The zero-order valence-electron chi connectivity index (χ0n) is 19.1. The van der Waals surface area contributed by atoms with E-state index in [1.165, 1.54) is 44.1 Å². The largest absolute Gasteiger partial charge is 0.324 e. The SMILES string of the molecule is CCC/C=C/C(C)/C(C)=C(/CCCCC)C1=C(C)C(C)C(N)/C=C/CC1C. The fourth-order valence-electron chi connectivity index (χ4n) is 4.16. The first-order valence-electron chi connectivity index (χ1n) is 11.3. The minimum Gasteiger partial charge on any atom is -0.324 e. The van der Waals surface area contributed by atoms with Gasteiger partial charge >= 0.3 is 0 Å². The van der Waals surface area contributed by atoms with E-state index in [4.69, 9.17) is 5.73 Å². The highest BCUT2D eigenvalue weighted by Gasteiger charge is 2.24. The fourth-order valence-corrected chi connectivity index (χ4v) is 4.16. The Morgan fingerprint density at radius 3 is 2.56 bits per heavy atom. The molecule has 27 heavy (non-hydrogen) atoms. The molecule has 4 unspecified atom stereocenters. The summed E-state index contributed by atoms with van der Waals surface area (Å²) >= 11 is 0. The molecule has 0 bridgehead atoms. The van der Waals surface area contributed by atoms with E-state index in [0.717, 1.165) is 6.42 Å². The molecule has 0 amide bonds. The third kappa shape index (κ3) is 7.11. The molecule has 0 saturated heterocycles. The number of rotatable bonds is 9. The van der Waals surface area contributed by atoms with E-state index in [1.54, 1.807) is 16.7 Å². The summed E-state index contributed by atoms with van der Waals surface area (Å²) in [6.45, 7) is 16.3. The molecular weight excluding hydrogens is 326 g/mol. The molecule has 0 saturated carbocycles. The quantitative estimate of drug-likeness (QED) is 0.325. The van der Waals surface area contributed by atoms with Crippen molar-refractivity contribution in [3.63, 3.8) is 0 Å². The molecule has 0 fully saturated rings. The molecule has 0 spiro atoms. The van der Waals surface area contributed by atoms with Gasteiger partial charge in [-0.15, -0.1) is 0 Å². The first-order chi connectivity index (χ1) is 12.8. The second-order valence-corrected chi connectivity index (χ2v) is 8.65. The summed E-state index contributed by atoms with van der Waals surface area (Å²) in [5, 5.41) is 0. The van der Waals surface area contributed by atoms with Crippen LogP contribution in [0.3, 0.4) is 0 Å². The van der Waals surface area contributed by atoms with Gasteiger partial charge in [-0.05, 0) is 68.4 Å². The Hall–Kier alpha value is -1.08. The highest BCUT2D eigenvalue weighted by molar-refractivity contribution is 5.43. The van der Waals surface area contributed by atoms with Gasteiger partial charge in [-0.2, -0.15) is 0 Å². The minimum atomic E-state index is 0.131. The Morgan fingerprint density at radius 2 is 1.93 bits per heavy atom. The predicted octanol–water partition coefficient (Wildman–Crippen LogP) is 7.75. The summed E-state index contributed by atoms with van der Waals surface area (Å²) in [6.07, 6.45) is 17.9. The van der Waals surface area contributed by atoms with E-state index in [-0.39, 0.29) is 6.04 Å². The van der Waals surface area contributed by atoms with Crippen molar-refractivity contribution in [1.29, 1.82) is 0 Å². The third-order valence-corrected chi connectivity index (χ3v) is 6.42. The molecule has 0 radical (unpaired) electrons. The normalized spacial score (nSPS) is 27.3. The summed E-state index contributed by atoms with van der Waals surface area (Å²) < 4.78 is 0. The summed E-state index contributed by atoms with van der Waals surface area (Å²) in [5.41, 5.74) is 12.7. The maximum Gasteiger partial charge on any atom is 0.0287 e. The van der Waals surface area contributed by atoms with E-state index < -0.39 is 0 Å². The molecule has 0 aromatic rings. The van der Waals surface area contributed by atoms with Crippen molar-refractivity contribution in [3.8, 4) is 0 Å². The Morgan fingerprint density at radius 1 is 1.22 bits per heavy atom. The van der Waals surface area contributed by atoms with Crippen LogP contribution in [0.5, 0.6) is 0 Å². The van der Waals surface area contributed by atoms with E-state index in [1.807, 2.05) is 0 Å². The first-order valence-corrected chi connectivity index (χ1v) is 11.3. The van der Waals surface area contributed by atoms with Crippen LogP contribution in [0.15, 0.2) is 46.6 Å². The second-order valence-electron chi connectivity index (χ2n) is 8.65. The lowest BCUT2D eigenvalue weighted by atomic mass is 9.76. The van der Waals surface area contributed by atoms with Crippen LogP contribution < -0.4 is 5.73 Å². The van der Waals surface area contributed by atoms with Gasteiger partial charge in [0, 0.05) is 6.04 Å². The molecule has 0 aromatic carbocycles. The number of allylic oxidation sites excluding steroid dienone is 6. The molecule has 1 aliphatic carbocycles. The topological polar surface area (TPSA) is 26.0 Å². The van der Waals surface area contributed by atoms with Gasteiger partial charge in [-0.25, -0.2) is 0 Å². The van der Waals surface area contributed by atoms with Gasteiger partial charge in [0.25, 0.3) is 0 Å². The Bertz CT molecular complexity index is 561. The van der Waals surface area contributed by atoms with Crippen LogP contribution in [0.1, 0.15) is 93.4 Å². The first kappa shape index (κ1) is 24.0. The Balaban J connectivity index is 3.37. The van der Waals surface area contributed by atoms with Crippen molar-refractivity contribution in [2.45, 2.75) is 99.5 Å². The average Bonchev–Trinajstić information content (AvgIpc) is 2.65. The molecule has 1 heteroatoms. The van der Waals surface area contributed by atoms with E-state index in [0.29, 0.717) is 17.8 Å². The van der Waals surface area contributed by atoms with Gasteiger partial charge in [0.15, 0.2) is 0 Å². The van der Waals surface area contributed by atoms with Gasteiger partial charge in [0.2, 0.25) is 0 Å². The number of hydrogen-bond donors (Lipinski definition) is 1. The molecule has 1 rings (SSSR count). The minimum absolute atomic E-state index is 0.131. The van der Waals surface area contributed by atoms with Gasteiger partial charge in [0.1, 0.15) is 0 Å². The van der Waals surface area contributed by atoms with Crippen LogP contribution in [0.4, 0.5) is 0 Å². The molecular formula is C26H45N. The van der Waals surface area contributed by atoms with E-state index in [2.05, 4.69) is 72.8 Å². The zero-order chi connectivity index (χ0) is 20.4. The van der Waals surface area contributed by atoms with Crippen molar-refractivity contribution >= 4 is 0 Å². The molecule has 0 heterocycles.